The van der Waals surface area contributed by atoms with Gasteiger partial charge >= 0.3 is 0 Å². The molecule has 1 saturated carbocycles. The van der Waals surface area contributed by atoms with Crippen molar-refractivity contribution in [2.75, 3.05) is 11.9 Å². The lowest BCUT2D eigenvalue weighted by Gasteiger charge is -2.20. The van der Waals surface area contributed by atoms with E-state index < -0.39 is 11.8 Å². The van der Waals surface area contributed by atoms with E-state index in [0.717, 1.165) is 41.3 Å². The van der Waals surface area contributed by atoms with E-state index in [0.29, 0.717) is 17.0 Å². The molecule has 2 aromatic rings. The number of carbonyl (C=O) groups excluding carboxylic acids is 3. The number of thiocarbonyl (C=S) groups is 1. The van der Waals surface area contributed by atoms with Crippen LogP contribution in [0, 0.1) is 12.8 Å². The zero-order valence-corrected chi connectivity index (χ0v) is 23.7. The van der Waals surface area contributed by atoms with E-state index in [4.69, 9.17) is 17.0 Å². The zero-order valence-electron chi connectivity index (χ0n) is 21.3. The maximum absolute atomic E-state index is 12.4. The highest BCUT2D eigenvalue weighted by molar-refractivity contribution is 9.10. The Morgan fingerprint density at radius 2 is 1.73 bits per heavy atom. The number of hydrazine groups is 1. The van der Waals surface area contributed by atoms with Gasteiger partial charge in [0, 0.05) is 21.6 Å². The molecule has 4 N–H and O–H groups in total. The topological polar surface area (TPSA) is 109 Å². The monoisotopic (exact) mass is 588 g/mol. The molecule has 0 aliphatic heterocycles. The molecule has 0 heterocycles. The standard InChI is InChI=1S/C27H33BrN4O4S/c1-16(2)21-14-22(28)17(3)13-23(21)36-15-24(33)30-27(37)32-31-26(35)19-9-11-20(12-10-19)29-25(34)18-7-5-4-6-8-18/h9-14,16,18H,4-8,15H2,1-3H3,(H,29,34)(H,31,35)(H2,30,32,33,37). The average Bonchev–Trinajstić information content (AvgIpc) is 2.88. The second-order valence-corrected chi connectivity index (χ2v) is 10.7. The SMILES string of the molecule is Cc1cc(OCC(=O)NC(=S)NNC(=O)c2ccc(NC(=O)C3CCCCC3)cc2)c(C(C)C)cc1Br. The number of anilines is 1. The first-order valence-corrected chi connectivity index (χ1v) is 13.6. The fourth-order valence-corrected chi connectivity index (χ4v) is 4.61. The first-order valence-electron chi connectivity index (χ1n) is 12.4. The predicted molar refractivity (Wildman–Crippen MR) is 151 cm³/mol. The molecule has 37 heavy (non-hydrogen) atoms. The number of nitrogens with one attached hydrogen (secondary N) is 4. The van der Waals surface area contributed by atoms with Crippen molar-refractivity contribution in [3.05, 3.63) is 57.6 Å². The Balaban J connectivity index is 1.43. The second kappa shape index (κ2) is 13.5. The molecule has 0 saturated heterocycles. The molecule has 0 unspecified atom stereocenters. The summed E-state index contributed by atoms with van der Waals surface area (Å²) in [7, 11) is 0. The number of halogens is 1. The van der Waals surface area contributed by atoms with Crippen molar-refractivity contribution in [3.63, 3.8) is 0 Å². The molecule has 0 bridgehead atoms. The Morgan fingerprint density at radius 1 is 1.05 bits per heavy atom. The van der Waals surface area contributed by atoms with Crippen LogP contribution < -0.4 is 26.2 Å². The van der Waals surface area contributed by atoms with Crippen molar-refractivity contribution in [3.8, 4) is 5.75 Å². The maximum atomic E-state index is 12.4. The van der Waals surface area contributed by atoms with Gasteiger partial charge in [-0.05, 0) is 85.4 Å². The van der Waals surface area contributed by atoms with E-state index in [9.17, 15) is 14.4 Å². The molecule has 0 atom stereocenters. The molecule has 2 aromatic carbocycles. The van der Waals surface area contributed by atoms with Crippen molar-refractivity contribution >= 4 is 56.7 Å². The molecule has 198 valence electrons. The van der Waals surface area contributed by atoms with E-state index in [2.05, 4.69) is 37.4 Å². The summed E-state index contributed by atoms with van der Waals surface area (Å²) in [5.74, 6) is 0.0367. The summed E-state index contributed by atoms with van der Waals surface area (Å²) in [5, 5.41) is 5.34. The number of rotatable bonds is 7. The van der Waals surface area contributed by atoms with Gasteiger partial charge in [-0.25, -0.2) is 0 Å². The van der Waals surface area contributed by atoms with Crippen LogP contribution >= 0.6 is 28.1 Å². The van der Waals surface area contributed by atoms with Gasteiger partial charge < -0.3 is 10.1 Å². The van der Waals surface area contributed by atoms with Crippen LogP contribution in [0.3, 0.4) is 0 Å². The molecule has 10 heteroatoms. The maximum Gasteiger partial charge on any atom is 0.269 e. The van der Waals surface area contributed by atoms with Gasteiger partial charge in [0.1, 0.15) is 5.75 Å². The van der Waals surface area contributed by atoms with Gasteiger partial charge in [0.15, 0.2) is 11.7 Å². The molecule has 0 aromatic heterocycles. The van der Waals surface area contributed by atoms with Gasteiger partial charge in [-0.2, -0.15) is 0 Å². The highest BCUT2D eigenvalue weighted by Gasteiger charge is 2.21. The number of hydrogen-bond acceptors (Lipinski definition) is 5. The Bertz CT molecular complexity index is 1150. The van der Waals surface area contributed by atoms with Gasteiger partial charge in [0.2, 0.25) is 5.91 Å². The Labute approximate surface area is 231 Å². The zero-order chi connectivity index (χ0) is 26.9. The van der Waals surface area contributed by atoms with E-state index in [-0.39, 0.29) is 29.5 Å². The number of carbonyl (C=O) groups is 3. The molecule has 1 aliphatic carbocycles. The number of aryl methyl sites for hydroxylation is 1. The summed E-state index contributed by atoms with van der Waals surface area (Å²) < 4.78 is 6.71. The number of amides is 3. The minimum atomic E-state index is -0.458. The number of hydrogen-bond donors (Lipinski definition) is 4. The van der Waals surface area contributed by atoms with Gasteiger partial charge in [0.05, 0.1) is 0 Å². The fourth-order valence-electron chi connectivity index (χ4n) is 4.08. The summed E-state index contributed by atoms with van der Waals surface area (Å²) >= 11 is 8.62. The third-order valence-corrected chi connectivity index (χ3v) is 7.26. The van der Waals surface area contributed by atoms with Crippen molar-refractivity contribution in [1.29, 1.82) is 0 Å². The Kier molecular flexibility index (Phi) is 10.5. The van der Waals surface area contributed by atoms with Crippen LogP contribution in [0.2, 0.25) is 0 Å². The van der Waals surface area contributed by atoms with Crippen molar-refractivity contribution < 1.29 is 19.1 Å². The van der Waals surface area contributed by atoms with Crippen molar-refractivity contribution in [1.82, 2.24) is 16.2 Å². The highest BCUT2D eigenvalue weighted by Crippen LogP contribution is 2.32. The summed E-state index contributed by atoms with van der Waals surface area (Å²) in [6.45, 7) is 5.81. The third-order valence-electron chi connectivity index (χ3n) is 6.20. The average molecular weight is 590 g/mol. The molecule has 3 rings (SSSR count). The van der Waals surface area contributed by atoms with Crippen LogP contribution in [0.25, 0.3) is 0 Å². The number of benzene rings is 2. The lowest BCUT2D eigenvalue weighted by molar-refractivity contribution is -0.122. The van der Waals surface area contributed by atoms with Crippen LogP contribution in [0.5, 0.6) is 5.75 Å². The van der Waals surface area contributed by atoms with E-state index >= 15 is 0 Å². The summed E-state index contributed by atoms with van der Waals surface area (Å²) in [6.07, 6.45) is 5.20. The van der Waals surface area contributed by atoms with Crippen LogP contribution in [-0.4, -0.2) is 29.4 Å². The van der Waals surface area contributed by atoms with Gasteiger partial charge in [-0.15, -0.1) is 0 Å². The minimum absolute atomic E-state index is 0.0272. The largest absolute Gasteiger partial charge is 0.483 e. The fraction of sp³-hybridized carbons (Fsp3) is 0.407. The van der Waals surface area contributed by atoms with E-state index in [1.807, 2.05) is 32.9 Å². The minimum Gasteiger partial charge on any atom is -0.483 e. The highest BCUT2D eigenvalue weighted by atomic mass is 79.9. The first kappa shape index (κ1) is 28.6. The van der Waals surface area contributed by atoms with Crippen molar-refractivity contribution in [2.24, 2.45) is 5.92 Å². The molecule has 8 nitrogen and oxygen atoms in total. The van der Waals surface area contributed by atoms with Crippen LogP contribution in [0.15, 0.2) is 40.9 Å². The summed E-state index contributed by atoms with van der Waals surface area (Å²) in [5.41, 5.74) is 7.96. The lowest BCUT2D eigenvalue weighted by Crippen LogP contribution is -2.49. The quantitative estimate of drug-likeness (QED) is 0.264. The van der Waals surface area contributed by atoms with Gasteiger partial charge in [-0.3, -0.25) is 30.6 Å². The first-order chi connectivity index (χ1) is 17.6. The van der Waals surface area contributed by atoms with E-state index in [1.54, 1.807) is 24.3 Å². The molecule has 1 fully saturated rings. The van der Waals surface area contributed by atoms with Crippen molar-refractivity contribution in [2.45, 2.75) is 58.8 Å². The molecule has 1 aliphatic rings. The smallest absolute Gasteiger partial charge is 0.269 e. The molecule has 3 amide bonds. The summed E-state index contributed by atoms with van der Waals surface area (Å²) in [4.78, 5) is 37.1. The summed E-state index contributed by atoms with van der Waals surface area (Å²) in [6, 6.07) is 10.5. The molecule has 0 radical (unpaired) electrons. The molecular formula is C27H33BrN4O4S. The number of ether oxygens (including phenoxy) is 1. The normalized spacial score (nSPS) is 13.5. The van der Waals surface area contributed by atoms with Gasteiger partial charge in [-0.1, -0.05) is 49.0 Å². The van der Waals surface area contributed by atoms with Gasteiger partial charge in [0.25, 0.3) is 11.8 Å². The molecule has 0 spiro atoms. The Hall–Kier alpha value is -2.98. The predicted octanol–water partition coefficient (Wildman–Crippen LogP) is 5.11. The second-order valence-electron chi connectivity index (χ2n) is 9.44. The van der Waals surface area contributed by atoms with Crippen LogP contribution in [-0.2, 0) is 9.59 Å². The lowest BCUT2D eigenvalue weighted by atomic mass is 9.88. The Morgan fingerprint density at radius 3 is 2.38 bits per heavy atom. The third kappa shape index (κ3) is 8.53. The molecular weight excluding hydrogens is 556 g/mol. The van der Waals surface area contributed by atoms with Crippen LogP contribution in [0.1, 0.15) is 73.4 Å². The van der Waals surface area contributed by atoms with Crippen LogP contribution in [0.4, 0.5) is 5.69 Å². The van der Waals surface area contributed by atoms with E-state index in [1.165, 1.54) is 6.42 Å².